The van der Waals surface area contributed by atoms with E-state index in [0.29, 0.717) is 28.8 Å². The second kappa shape index (κ2) is 18.0. The van der Waals surface area contributed by atoms with E-state index in [4.69, 9.17) is 37.4 Å². The van der Waals surface area contributed by atoms with Gasteiger partial charge in [0.2, 0.25) is 5.79 Å². The van der Waals surface area contributed by atoms with Crippen molar-refractivity contribution in [3.63, 3.8) is 0 Å². The fourth-order valence-corrected chi connectivity index (χ4v) is 6.79. The van der Waals surface area contributed by atoms with E-state index in [1.165, 1.54) is 11.0 Å². The van der Waals surface area contributed by atoms with Crippen LogP contribution in [0.4, 0.5) is 11.4 Å². The fourth-order valence-electron chi connectivity index (χ4n) is 6.24. The van der Waals surface area contributed by atoms with Crippen molar-refractivity contribution in [2.75, 3.05) is 49.2 Å². The Balaban J connectivity index is 0.00000202. The summed E-state index contributed by atoms with van der Waals surface area (Å²) in [5.41, 5.74) is 3.64. The highest BCUT2D eigenvalue weighted by Crippen LogP contribution is 2.40. The lowest BCUT2D eigenvalue weighted by molar-refractivity contribution is -0.190. The monoisotopic (exact) mass is 812 g/mol. The molecule has 0 radical (unpaired) electrons. The van der Waals surface area contributed by atoms with Crippen LogP contribution >= 0.6 is 60.4 Å². The van der Waals surface area contributed by atoms with Gasteiger partial charge in [0, 0.05) is 48.1 Å². The summed E-state index contributed by atoms with van der Waals surface area (Å²) < 4.78 is 23.7. The maximum Gasteiger partial charge on any atom is 0.350 e. The van der Waals surface area contributed by atoms with Gasteiger partial charge in [0.15, 0.2) is 0 Å². The minimum absolute atomic E-state index is 0. The highest BCUT2D eigenvalue weighted by atomic mass is 35.5. The SMILES string of the molecule is CCC(C)n1ncn(-c2ccc(N3CCN(c4ccc(OC[C@H]5CO[C@](Cn6cncn6)(c6ccc(Cl)cc6Cl)O5)cc4)CC3)cc2)c1=O.Cl.Cl.Cl. The van der Waals surface area contributed by atoms with Crippen LogP contribution in [-0.4, -0.2) is 74.6 Å². The molecule has 2 aromatic heterocycles. The molecule has 0 N–H and O–H groups in total. The maximum atomic E-state index is 12.8. The predicted octanol–water partition coefficient (Wildman–Crippen LogP) is 6.84. The largest absolute Gasteiger partial charge is 0.491 e. The lowest BCUT2D eigenvalue weighted by Crippen LogP contribution is -2.46. The van der Waals surface area contributed by atoms with E-state index < -0.39 is 5.79 Å². The van der Waals surface area contributed by atoms with E-state index in [1.54, 1.807) is 34.0 Å². The molecule has 2 saturated heterocycles. The van der Waals surface area contributed by atoms with Crippen molar-refractivity contribution in [2.24, 2.45) is 0 Å². The van der Waals surface area contributed by atoms with Crippen LogP contribution in [0, 0.1) is 0 Å². The molecule has 2 fully saturated rings. The number of piperazine rings is 1. The molecule has 4 heterocycles. The lowest BCUT2D eigenvalue weighted by Gasteiger charge is -2.37. The number of benzene rings is 3. The Hall–Kier alpha value is -3.49. The van der Waals surface area contributed by atoms with Crippen molar-refractivity contribution in [2.45, 2.75) is 44.7 Å². The van der Waals surface area contributed by atoms with Gasteiger partial charge in [-0.2, -0.15) is 10.2 Å². The van der Waals surface area contributed by atoms with E-state index in [9.17, 15) is 4.79 Å². The summed E-state index contributed by atoms with van der Waals surface area (Å²) in [4.78, 5) is 21.6. The first-order chi connectivity index (χ1) is 23.8. The van der Waals surface area contributed by atoms with Gasteiger partial charge in [-0.05, 0) is 74.0 Å². The maximum absolute atomic E-state index is 12.8. The molecule has 2 aliphatic heterocycles. The molecule has 0 bridgehead atoms. The first kappa shape index (κ1) is 41.3. The molecule has 7 rings (SSSR count). The fraction of sp³-hybridized carbons (Fsp3) is 0.371. The minimum Gasteiger partial charge on any atom is -0.491 e. The highest BCUT2D eigenvalue weighted by molar-refractivity contribution is 6.35. The molecule has 12 nitrogen and oxygen atoms in total. The van der Waals surface area contributed by atoms with Crippen LogP contribution in [0.15, 0.2) is 90.5 Å². The summed E-state index contributed by atoms with van der Waals surface area (Å²) in [6.07, 6.45) is 5.19. The lowest BCUT2D eigenvalue weighted by atomic mass is 10.1. The van der Waals surface area contributed by atoms with E-state index >= 15 is 0 Å². The van der Waals surface area contributed by atoms with Crippen molar-refractivity contribution in [3.8, 4) is 11.4 Å². The van der Waals surface area contributed by atoms with E-state index in [-0.39, 0.29) is 61.6 Å². The summed E-state index contributed by atoms with van der Waals surface area (Å²) in [5, 5.41) is 9.50. The molecule has 3 atom stereocenters. The Kier molecular flexibility index (Phi) is 14.3. The number of hydrogen-bond donors (Lipinski definition) is 0. The van der Waals surface area contributed by atoms with Crippen LogP contribution in [-0.2, 0) is 21.8 Å². The molecule has 5 aromatic rings. The molecule has 3 aromatic carbocycles. The normalized spacial score (nSPS) is 19.0. The quantitative estimate of drug-likeness (QED) is 0.142. The van der Waals surface area contributed by atoms with Gasteiger partial charge in [0.25, 0.3) is 0 Å². The Morgan fingerprint density at radius 2 is 1.52 bits per heavy atom. The van der Waals surface area contributed by atoms with E-state index in [0.717, 1.165) is 55.4 Å². The van der Waals surface area contributed by atoms with Crippen molar-refractivity contribution in [1.82, 2.24) is 29.1 Å². The first-order valence-corrected chi connectivity index (χ1v) is 17.2. The zero-order chi connectivity index (χ0) is 34.0. The number of halogens is 5. The van der Waals surface area contributed by atoms with Gasteiger partial charge < -0.3 is 24.0 Å². The second-order valence-electron chi connectivity index (χ2n) is 12.3. The third kappa shape index (κ3) is 8.82. The van der Waals surface area contributed by atoms with Crippen LogP contribution < -0.4 is 20.2 Å². The molecule has 17 heteroatoms. The molecule has 0 saturated carbocycles. The highest BCUT2D eigenvalue weighted by Gasteiger charge is 2.45. The zero-order valence-electron chi connectivity index (χ0n) is 28.6. The summed E-state index contributed by atoms with van der Waals surface area (Å²) in [5.74, 6) is -0.410. The topological polar surface area (TPSA) is 105 Å². The molecular formula is C35H41Cl5N8O4. The number of anilines is 2. The molecule has 280 valence electrons. The molecule has 0 spiro atoms. The van der Waals surface area contributed by atoms with E-state index in [2.05, 4.69) is 49.2 Å². The molecule has 1 unspecified atom stereocenters. The predicted molar refractivity (Wildman–Crippen MR) is 210 cm³/mol. The van der Waals surface area contributed by atoms with Gasteiger partial charge in [-0.1, -0.05) is 36.2 Å². The van der Waals surface area contributed by atoms with E-state index in [1.807, 2.05) is 44.2 Å². The number of aromatic nitrogens is 6. The summed E-state index contributed by atoms with van der Waals surface area (Å²) in [6.45, 7) is 8.48. The molecule has 0 amide bonds. The number of hydrogen-bond acceptors (Lipinski definition) is 9. The second-order valence-corrected chi connectivity index (χ2v) is 13.1. The Morgan fingerprint density at radius 1 is 0.885 bits per heavy atom. The van der Waals surface area contributed by atoms with Crippen LogP contribution in [0.3, 0.4) is 0 Å². The van der Waals surface area contributed by atoms with Crippen LogP contribution in [0.2, 0.25) is 10.0 Å². The molecular weight excluding hydrogens is 774 g/mol. The van der Waals surface area contributed by atoms with Crippen molar-refractivity contribution < 1.29 is 14.2 Å². The average molecular weight is 815 g/mol. The van der Waals surface area contributed by atoms with Crippen molar-refractivity contribution in [3.05, 3.63) is 112 Å². The zero-order valence-corrected chi connectivity index (χ0v) is 32.5. The van der Waals surface area contributed by atoms with Gasteiger partial charge in [-0.3, -0.25) is 0 Å². The molecule has 2 aliphatic rings. The third-order valence-corrected chi connectivity index (χ3v) is 9.70. The van der Waals surface area contributed by atoms with Crippen LogP contribution in [0.5, 0.6) is 5.75 Å². The molecule has 0 aliphatic carbocycles. The Morgan fingerprint density at radius 3 is 2.12 bits per heavy atom. The van der Waals surface area contributed by atoms with Gasteiger partial charge in [-0.15, -0.1) is 37.2 Å². The smallest absolute Gasteiger partial charge is 0.350 e. The number of rotatable bonds is 11. The number of ether oxygens (including phenoxy) is 3. The number of nitrogens with zero attached hydrogens (tertiary/aromatic N) is 8. The first-order valence-electron chi connectivity index (χ1n) is 16.4. The standard InChI is InChI=1S/C35H38Cl2N8O4.3ClH/c1-3-25(2)45-34(46)44(24-40-45)29-7-5-27(6-8-29)41-14-16-42(17-15-41)28-9-11-30(12-10-28)47-19-31-20-48-35(49-31,21-43-23-38-22-39-43)32-13-4-26(36)18-33(32)37;;;/h4-13,18,22-25,31H,3,14-17,19-21H2,1-2H3;3*1H/t25?,31-,35-;;;/m0.../s1. The van der Waals surface area contributed by atoms with Gasteiger partial charge in [0.1, 0.15) is 44.0 Å². The summed E-state index contributed by atoms with van der Waals surface area (Å²) in [6, 6.07) is 21.6. The average Bonchev–Trinajstić information content (AvgIpc) is 3.88. The third-order valence-electron chi connectivity index (χ3n) is 9.15. The van der Waals surface area contributed by atoms with Crippen LogP contribution in [0.25, 0.3) is 5.69 Å². The minimum atomic E-state index is -1.16. The molecule has 52 heavy (non-hydrogen) atoms. The van der Waals surface area contributed by atoms with Gasteiger partial charge in [0.05, 0.1) is 23.4 Å². The van der Waals surface area contributed by atoms with Gasteiger partial charge in [-0.25, -0.2) is 23.7 Å². The summed E-state index contributed by atoms with van der Waals surface area (Å²) in [7, 11) is 0. The van der Waals surface area contributed by atoms with Crippen molar-refractivity contribution in [1.29, 1.82) is 0 Å². The summed E-state index contributed by atoms with van der Waals surface area (Å²) >= 11 is 12.7. The van der Waals surface area contributed by atoms with Crippen molar-refractivity contribution >= 4 is 71.8 Å². The Bertz CT molecular complexity index is 1920. The Labute approximate surface area is 330 Å². The van der Waals surface area contributed by atoms with Gasteiger partial charge >= 0.3 is 5.69 Å². The van der Waals surface area contributed by atoms with Crippen LogP contribution in [0.1, 0.15) is 31.9 Å².